The summed E-state index contributed by atoms with van der Waals surface area (Å²) in [7, 11) is 0. The number of fused-ring (bicyclic) bond motifs is 1. The highest BCUT2D eigenvalue weighted by Gasteiger charge is 2.50. The van der Waals surface area contributed by atoms with Crippen molar-refractivity contribution in [1.29, 1.82) is 0 Å². The van der Waals surface area contributed by atoms with Crippen molar-refractivity contribution in [3.63, 3.8) is 0 Å². The summed E-state index contributed by atoms with van der Waals surface area (Å²) >= 11 is 6.40. The van der Waals surface area contributed by atoms with Gasteiger partial charge in [-0.25, -0.2) is 0 Å². The average Bonchev–Trinajstić information content (AvgIpc) is 3.00. The SMILES string of the molecule is C=CCN1C(=O)C(O)(CC(=O)c2cc(Br)c(Br)o2)c2ccccc21. The molecular formula is C17H13Br2NO4. The second-order valence-corrected chi connectivity index (χ2v) is 6.99. The summed E-state index contributed by atoms with van der Waals surface area (Å²) in [5, 5.41) is 11.0. The van der Waals surface area contributed by atoms with E-state index in [0.29, 0.717) is 20.4 Å². The molecule has 1 aromatic heterocycles. The van der Waals surface area contributed by atoms with Gasteiger partial charge in [0.05, 0.1) is 16.6 Å². The van der Waals surface area contributed by atoms with Gasteiger partial charge in [-0.15, -0.1) is 6.58 Å². The fourth-order valence-corrected chi connectivity index (χ4v) is 3.37. The van der Waals surface area contributed by atoms with Crippen LogP contribution in [-0.4, -0.2) is 23.3 Å². The molecule has 2 heterocycles. The number of nitrogens with zero attached hydrogens (tertiary/aromatic N) is 1. The molecule has 1 aliphatic heterocycles. The van der Waals surface area contributed by atoms with Crippen LogP contribution in [0.3, 0.4) is 0 Å². The summed E-state index contributed by atoms with van der Waals surface area (Å²) in [6.07, 6.45) is 1.17. The summed E-state index contributed by atoms with van der Waals surface area (Å²) in [6.45, 7) is 3.89. The van der Waals surface area contributed by atoms with E-state index >= 15 is 0 Å². The number of halogens is 2. The molecule has 1 atom stereocenters. The first-order valence-electron chi connectivity index (χ1n) is 7.11. The third-order valence-corrected chi connectivity index (χ3v) is 5.60. The molecule has 0 aliphatic carbocycles. The molecule has 7 heteroatoms. The quantitative estimate of drug-likeness (QED) is 0.551. The van der Waals surface area contributed by atoms with Crippen LogP contribution in [0.15, 0.2) is 56.5 Å². The molecule has 0 saturated carbocycles. The minimum Gasteiger partial charge on any atom is -0.445 e. The lowest BCUT2D eigenvalue weighted by molar-refractivity contribution is -0.135. The van der Waals surface area contributed by atoms with Gasteiger partial charge in [0.25, 0.3) is 5.91 Å². The zero-order valence-electron chi connectivity index (χ0n) is 12.5. The van der Waals surface area contributed by atoms with Gasteiger partial charge in [0, 0.05) is 18.2 Å². The van der Waals surface area contributed by atoms with Crippen molar-refractivity contribution in [1.82, 2.24) is 0 Å². The number of ketones is 1. The molecule has 2 aromatic rings. The Balaban J connectivity index is 1.98. The smallest absolute Gasteiger partial charge is 0.264 e. The molecule has 0 radical (unpaired) electrons. The van der Waals surface area contributed by atoms with Crippen LogP contribution in [0.1, 0.15) is 22.5 Å². The van der Waals surface area contributed by atoms with Gasteiger partial charge in [-0.05, 0) is 37.9 Å². The highest BCUT2D eigenvalue weighted by Crippen LogP contribution is 2.43. The molecule has 1 amide bonds. The minimum atomic E-state index is -1.91. The fourth-order valence-electron chi connectivity index (χ4n) is 2.79. The fraction of sp³-hybridized carbons (Fsp3) is 0.176. The van der Waals surface area contributed by atoms with Crippen LogP contribution in [0.5, 0.6) is 0 Å². The molecule has 24 heavy (non-hydrogen) atoms. The number of carbonyl (C=O) groups excluding carboxylic acids is 2. The molecule has 1 aromatic carbocycles. The molecule has 0 bridgehead atoms. The maximum absolute atomic E-state index is 12.7. The van der Waals surface area contributed by atoms with Gasteiger partial charge in [0.15, 0.2) is 16.0 Å². The van der Waals surface area contributed by atoms with Crippen molar-refractivity contribution in [2.75, 3.05) is 11.4 Å². The minimum absolute atomic E-state index is 0.0645. The van der Waals surface area contributed by atoms with Crippen molar-refractivity contribution in [2.24, 2.45) is 0 Å². The molecule has 1 unspecified atom stereocenters. The number of rotatable bonds is 5. The number of hydrogen-bond acceptors (Lipinski definition) is 4. The topological polar surface area (TPSA) is 70.8 Å². The first-order valence-corrected chi connectivity index (χ1v) is 8.70. The molecule has 0 fully saturated rings. The van der Waals surface area contributed by atoms with Gasteiger partial charge in [-0.2, -0.15) is 0 Å². The molecule has 1 N–H and O–H groups in total. The standard InChI is InChI=1S/C17H13Br2NO4/c1-2-7-20-12-6-4-3-5-10(12)17(23,16(20)22)9-13(21)14-8-11(18)15(19)24-14/h2-6,8,23H,1,7,9H2. The van der Waals surface area contributed by atoms with E-state index in [0.717, 1.165) is 0 Å². The lowest BCUT2D eigenvalue weighted by Crippen LogP contribution is -2.41. The van der Waals surface area contributed by atoms with Crippen LogP contribution in [0.4, 0.5) is 5.69 Å². The van der Waals surface area contributed by atoms with E-state index in [2.05, 4.69) is 38.4 Å². The maximum atomic E-state index is 12.7. The lowest BCUT2D eigenvalue weighted by atomic mass is 9.89. The first kappa shape index (κ1) is 17.1. The van der Waals surface area contributed by atoms with Gasteiger partial charge in [0.1, 0.15) is 0 Å². The summed E-state index contributed by atoms with van der Waals surface area (Å²) in [4.78, 5) is 26.7. The number of furan rings is 1. The molecular weight excluding hydrogens is 442 g/mol. The predicted octanol–water partition coefficient (Wildman–Crippen LogP) is 3.80. The number of para-hydroxylation sites is 1. The Morgan fingerprint density at radius 2 is 2.08 bits per heavy atom. The summed E-state index contributed by atoms with van der Waals surface area (Å²) in [5.41, 5.74) is -0.919. The van der Waals surface area contributed by atoms with Crippen molar-refractivity contribution in [3.05, 3.63) is 63.5 Å². The van der Waals surface area contributed by atoms with Gasteiger partial charge < -0.3 is 14.4 Å². The highest BCUT2D eigenvalue weighted by atomic mass is 79.9. The monoisotopic (exact) mass is 453 g/mol. The number of anilines is 1. The molecule has 124 valence electrons. The van der Waals surface area contributed by atoms with E-state index in [1.54, 1.807) is 30.3 Å². The number of Topliss-reactive ketones (excluding diaryl/α,β-unsaturated/α-hetero) is 1. The van der Waals surface area contributed by atoms with Crippen molar-refractivity contribution < 1.29 is 19.1 Å². The number of amides is 1. The van der Waals surface area contributed by atoms with Gasteiger partial charge in [-0.3, -0.25) is 9.59 Å². The summed E-state index contributed by atoms with van der Waals surface area (Å²) < 4.78 is 6.26. The molecule has 0 spiro atoms. The molecule has 5 nitrogen and oxygen atoms in total. The Hall–Kier alpha value is -1.70. The number of hydrogen-bond donors (Lipinski definition) is 1. The van der Waals surface area contributed by atoms with E-state index in [1.807, 2.05) is 0 Å². The Morgan fingerprint density at radius 1 is 1.38 bits per heavy atom. The largest absolute Gasteiger partial charge is 0.445 e. The number of carbonyl (C=O) groups is 2. The van der Waals surface area contributed by atoms with Crippen LogP contribution in [0, 0.1) is 0 Å². The Bertz CT molecular complexity index is 825. The van der Waals surface area contributed by atoms with Crippen LogP contribution < -0.4 is 4.90 Å². The van der Waals surface area contributed by atoms with Gasteiger partial charge >= 0.3 is 0 Å². The molecule has 1 aliphatic rings. The van der Waals surface area contributed by atoms with Crippen LogP contribution >= 0.6 is 31.9 Å². The Labute approximate surface area is 155 Å². The van der Waals surface area contributed by atoms with Crippen LogP contribution in [-0.2, 0) is 10.4 Å². The van der Waals surface area contributed by atoms with Crippen LogP contribution in [0.2, 0.25) is 0 Å². The second-order valence-electron chi connectivity index (χ2n) is 5.41. The van der Waals surface area contributed by atoms with Crippen molar-refractivity contribution in [2.45, 2.75) is 12.0 Å². The summed E-state index contributed by atoms with van der Waals surface area (Å²) in [5.74, 6) is -0.941. The number of aliphatic hydroxyl groups is 1. The van der Waals surface area contributed by atoms with Gasteiger partial charge in [-0.1, -0.05) is 24.3 Å². The normalized spacial score (nSPS) is 19.5. The average molecular weight is 455 g/mol. The van der Waals surface area contributed by atoms with Gasteiger partial charge in [0.2, 0.25) is 5.78 Å². The lowest BCUT2D eigenvalue weighted by Gasteiger charge is -2.21. The zero-order chi connectivity index (χ0) is 17.5. The molecule has 3 rings (SSSR count). The zero-order valence-corrected chi connectivity index (χ0v) is 15.6. The van der Waals surface area contributed by atoms with Crippen molar-refractivity contribution in [3.8, 4) is 0 Å². The van der Waals surface area contributed by atoms with E-state index < -0.39 is 23.7 Å². The van der Waals surface area contributed by atoms with Crippen LogP contribution in [0.25, 0.3) is 0 Å². The number of benzene rings is 1. The van der Waals surface area contributed by atoms with E-state index in [1.165, 1.54) is 11.0 Å². The van der Waals surface area contributed by atoms with E-state index in [9.17, 15) is 14.7 Å². The Morgan fingerprint density at radius 3 is 2.71 bits per heavy atom. The van der Waals surface area contributed by atoms with E-state index in [4.69, 9.17) is 4.42 Å². The first-order chi connectivity index (χ1) is 11.4. The van der Waals surface area contributed by atoms with E-state index in [-0.39, 0.29) is 12.3 Å². The third-order valence-electron chi connectivity index (χ3n) is 3.89. The molecule has 0 saturated heterocycles. The second kappa shape index (κ2) is 6.31. The van der Waals surface area contributed by atoms with Crippen molar-refractivity contribution >= 4 is 49.2 Å². The third kappa shape index (κ3) is 2.66. The predicted molar refractivity (Wildman–Crippen MR) is 95.9 cm³/mol. The maximum Gasteiger partial charge on any atom is 0.264 e. The highest BCUT2D eigenvalue weighted by molar-refractivity contribution is 9.13. The Kier molecular flexibility index (Phi) is 4.50. The summed E-state index contributed by atoms with van der Waals surface area (Å²) in [6, 6.07) is 8.38.